The van der Waals surface area contributed by atoms with Crippen LogP contribution in [0, 0.1) is 0 Å². The number of carbonyl (C=O) groups is 1. The first-order valence-electron chi connectivity index (χ1n) is 7.27. The van der Waals surface area contributed by atoms with Gasteiger partial charge >= 0.3 is 5.97 Å². The lowest BCUT2D eigenvalue weighted by molar-refractivity contribution is -0.143. The van der Waals surface area contributed by atoms with Gasteiger partial charge in [-0.15, -0.1) is 0 Å². The molecule has 0 atom stereocenters. The fourth-order valence-electron chi connectivity index (χ4n) is 1.90. The number of hydrogen-bond acceptors (Lipinski definition) is 5. The minimum atomic E-state index is -0.143. The van der Waals surface area contributed by atoms with E-state index in [0.29, 0.717) is 31.1 Å². The molecule has 0 fully saturated rings. The van der Waals surface area contributed by atoms with E-state index >= 15 is 0 Å². The minimum Gasteiger partial charge on any atom is -0.493 e. The lowest BCUT2D eigenvalue weighted by Gasteiger charge is -2.11. The number of aliphatic hydroxyl groups excluding tert-OH is 1. The fourth-order valence-corrected chi connectivity index (χ4v) is 1.90. The lowest BCUT2D eigenvalue weighted by atomic mass is 10.2. The van der Waals surface area contributed by atoms with Crippen LogP contribution in [0.15, 0.2) is 18.2 Å². The van der Waals surface area contributed by atoms with E-state index in [4.69, 9.17) is 19.3 Å². The van der Waals surface area contributed by atoms with Gasteiger partial charge in [-0.3, -0.25) is 4.79 Å². The second-order valence-corrected chi connectivity index (χ2v) is 4.61. The van der Waals surface area contributed by atoms with E-state index in [0.717, 1.165) is 24.8 Å². The topological polar surface area (TPSA) is 65.0 Å². The van der Waals surface area contributed by atoms with Crippen LogP contribution in [-0.2, 0) is 16.1 Å². The third kappa shape index (κ3) is 6.49. The molecule has 0 aromatic heterocycles. The maximum Gasteiger partial charge on any atom is 0.305 e. The minimum absolute atomic E-state index is 0.0279. The highest BCUT2D eigenvalue weighted by atomic mass is 16.5. The summed E-state index contributed by atoms with van der Waals surface area (Å²) >= 11 is 0. The number of esters is 1. The van der Waals surface area contributed by atoms with Gasteiger partial charge in [0, 0.05) is 6.42 Å². The van der Waals surface area contributed by atoms with Crippen molar-refractivity contribution in [2.24, 2.45) is 0 Å². The van der Waals surface area contributed by atoms with Gasteiger partial charge in [0.2, 0.25) is 0 Å². The van der Waals surface area contributed by atoms with Gasteiger partial charge in [0.15, 0.2) is 11.5 Å². The molecule has 0 aliphatic rings. The van der Waals surface area contributed by atoms with Crippen LogP contribution in [0.5, 0.6) is 11.5 Å². The van der Waals surface area contributed by atoms with Crippen molar-refractivity contribution >= 4 is 5.97 Å². The van der Waals surface area contributed by atoms with Crippen molar-refractivity contribution in [2.45, 2.75) is 39.2 Å². The molecule has 0 spiro atoms. The SMILES string of the molecule is CCOC(=O)CCCCCOc1cc(CO)ccc1OC. The highest BCUT2D eigenvalue weighted by Gasteiger charge is 2.06. The van der Waals surface area contributed by atoms with Crippen molar-refractivity contribution in [3.05, 3.63) is 23.8 Å². The molecule has 0 amide bonds. The van der Waals surface area contributed by atoms with Crippen molar-refractivity contribution in [3.63, 3.8) is 0 Å². The van der Waals surface area contributed by atoms with Crippen molar-refractivity contribution < 1.29 is 24.1 Å². The van der Waals surface area contributed by atoms with Gasteiger partial charge < -0.3 is 19.3 Å². The zero-order chi connectivity index (χ0) is 15.5. The molecule has 1 rings (SSSR count). The van der Waals surface area contributed by atoms with Gasteiger partial charge in [0.25, 0.3) is 0 Å². The number of hydrogen-bond donors (Lipinski definition) is 1. The second kappa shape index (κ2) is 10.0. The summed E-state index contributed by atoms with van der Waals surface area (Å²) in [5.74, 6) is 1.14. The predicted octanol–water partition coefficient (Wildman–Crippen LogP) is 2.69. The summed E-state index contributed by atoms with van der Waals surface area (Å²) in [4.78, 5) is 11.2. The van der Waals surface area contributed by atoms with E-state index in [1.807, 2.05) is 0 Å². The van der Waals surface area contributed by atoms with Gasteiger partial charge in [-0.1, -0.05) is 6.07 Å². The molecular weight excluding hydrogens is 272 g/mol. The molecule has 5 heteroatoms. The van der Waals surface area contributed by atoms with E-state index in [1.54, 1.807) is 32.2 Å². The average Bonchev–Trinajstić information content (AvgIpc) is 2.50. The van der Waals surface area contributed by atoms with E-state index in [2.05, 4.69) is 0 Å². The summed E-state index contributed by atoms with van der Waals surface area (Å²) in [6, 6.07) is 5.35. The monoisotopic (exact) mass is 296 g/mol. The first kappa shape index (κ1) is 17.3. The first-order chi connectivity index (χ1) is 10.2. The molecule has 21 heavy (non-hydrogen) atoms. The number of aliphatic hydroxyl groups is 1. The molecular formula is C16H24O5. The van der Waals surface area contributed by atoms with Crippen LogP contribution in [0.2, 0.25) is 0 Å². The highest BCUT2D eigenvalue weighted by Crippen LogP contribution is 2.28. The third-order valence-electron chi connectivity index (χ3n) is 3.00. The quantitative estimate of drug-likeness (QED) is 0.531. The number of methoxy groups -OCH3 is 1. The van der Waals surface area contributed by atoms with Crippen LogP contribution < -0.4 is 9.47 Å². The first-order valence-corrected chi connectivity index (χ1v) is 7.27. The van der Waals surface area contributed by atoms with Crippen molar-refractivity contribution in [1.82, 2.24) is 0 Å². The Morgan fingerprint density at radius 1 is 1.19 bits per heavy atom. The van der Waals surface area contributed by atoms with Crippen LogP contribution >= 0.6 is 0 Å². The number of unbranched alkanes of at least 4 members (excludes halogenated alkanes) is 2. The zero-order valence-electron chi connectivity index (χ0n) is 12.8. The Bertz CT molecular complexity index is 431. The Hall–Kier alpha value is -1.75. The maximum absolute atomic E-state index is 11.2. The molecule has 0 saturated carbocycles. The molecule has 0 unspecified atom stereocenters. The van der Waals surface area contributed by atoms with Crippen molar-refractivity contribution in [1.29, 1.82) is 0 Å². The molecule has 0 heterocycles. The average molecular weight is 296 g/mol. The summed E-state index contributed by atoms with van der Waals surface area (Å²) in [5, 5.41) is 9.12. The molecule has 1 aromatic carbocycles. The molecule has 1 aromatic rings. The normalized spacial score (nSPS) is 10.2. The standard InChI is InChI=1S/C16H24O5/c1-3-20-16(18)7-5-4-6-10-21-15-11-13(12-17)8-9-14(15)19-2/h8-9,11,17H,3-7,10,12H2,1-2H3. The zero-order valence-corrected chi connectivity index (χ0v) is 12.8. The molecule has 0 aliphatic heterocycles. The number of rotatable bonds is 10. The lowest BCUT2D eigenvalue weighted by Crippen LogP contribution is -2.04. The summed E-state index contributed by atoms with van der Waals surface area (Å²) < 4.78 is 15.7. The van der Waals surface area contributed by atoms with Gasteiger partial charge in [0.05, 0.1) is 26.9 Å². The van der Waals surface area contributed by atoms with Crippen LogP contribution in [0.4, 0.5) is 0 Å². The highest BCUT2D eigenvalue weighted by molar-refractivity contribution is 5.69. The number of ether oxygens (including phenoxy) is 3. The maximum atomic E-state index is 11.2. The Balaban J connectivity index is 2.27. The second-order valence-electron chi connectivity index (χ2n) is 4.61. The molecule has 0 aliphatic carbocycles. The van der Waals surface area contributed by atoms with Crippen LogP contribution in [0.3, 0.4) is 0 Å². The predicted molar refractivity (Wildman–Crippen MR) is 79.5 cm³/mol. The van der Waals surface area contributed by atoms with Crippen LogP contribution in [0.25, 0.3) is 0 Å². The van der Waals surface area contributed by atoms with Crippen LogP contribution in [-0.4, -0.2) is 31.4 Å². The summed E-state index contributed by atoms with van der Waals surface area (Å²) in [6.45, 7) is 2.76. The van der Waals surface area contributed by atoms with Crippen LogP contribution in [0.1, 0.15) is 38.2 Å². The molecule has 5 nitrogen and oxygen atoms in total. The molecule has 0 saturated heterocycles. The molecule has 0 radical (unpaired) electrons. The van der Waals surface area contributed by atoms with E-state index < -0.39 is 0 Å². The Kier molecular flexibility index (Phi) is 8.28. The Morgan fingerprint density at radius 3 is 2.67 bits per heavy atom. The smallest absolute Gasteiger partial charge is 0.305 e. The van der Waals surface area contributed by atoms with E-state index in [9.17, 15) is 4.79 Å². The Labute approximate surface area is 125 Å². The molecule has 0 bridgehead atoms. The summed E-state index contributed by atoms with van der Waals surface area (Å²) in [5.41, 5.74) is 0.785. The van der Waals surface area contributed by atoms with Crippen molar-refractivity contribution in [2.75, 3.05) is 20.3 Å². The largest absolute Gasteiger partial charge is 0.493 e. The molecule has 118 valence electrons. The number of benzene rings is 1. The van der Waals surface area contributed by atoms with E-state index in [1.165, 1.54) is 0 Å². The van der Waals surface area contributed by atoms with Gasteiger partial charge in [-0.25, -0.2) is 0 Å². The fraction of sp³-hybridized carbons (Fsp3) is 0.562. The van der Waals surface area contributed by atoms with E-state index in [-0.39, 0.29) is 12.6 Å². The van der Waals surface area contributed by atoms with Gasteiger partial charge in [-0.05, 0) is 43.9 Å². The van der Waals surface area contributed by atoms with Gasteiger partial charge in [-0.2, -0.15) is 0 Å². The third-order valence-corrected chi connectivity index (χ3v) is 3.00. The van der Waals surface area contributed by atoms with Gasteiger partial charge in [0.1, 0.15) is 0 Å². The molecule has 1 N–H and O–H groups in total. The van der Waals surface area contributed by atoms with Crippen molar-refractivity contribution in [3.8, 4) is 11.5 Å². The number of carbonyl (C=O) groups excluding carboxylic acids is 1. The summed E-state index contributed by atoms with van der Waals surface area (Å²) in [6.07, 6.45) is 3.01. The summed E-state index contributed by atoms with van der Waals surface area (Å²) in [7, 11) is 1.58. The Morgan fingerprint density at radius 2 is 2.00 bits per heavy atom.